The van der Waals surface area contributed by atoms with Crippen LogP contribution >= 0.6 is 31.9 Å². The van der Waals surface area contributed by atoms with Gasteiger partial charge in [-0.3, -0.25) is 0 Å². The Kier molecular flexibility index (Phi) is 11.7. The summed E-state index contributed by atoms with van der Waals surface area (Å²) in [6, 6.07) is 109. The lowest BCUT2D eigenvalue weighted by atomic mass is 9.67. The van der Waals surface area contributed by atoms with Crippen molar-refractivity contribution in [2.45, 2.75) is 10.8 Å². The largest absolute Gasteiger partial charge is 0.311 e. The van der Waals surface area contributed by atoms with E-state index in [-0.39, 0.29) is 0 Å². The van der Waals surface area contributed by atoms with E-state index in [4.69, 9.17) is 0 Å². The van der Waals surface area contributed by atoms with Gasteiger partial charge in [0.15, 0.2) is 0 Å². The highest BCUT2D eigenvalue weighted by Gasteiger charge is 2.49. The molecule has 12 aromatic carbocycles. The highest BCUT2D eigenvalue weighted by Crippen LogP contribution is 2.60. The van der Waals surface area contributed by atoms with Crippen molar-refractivity contribution in [1.82, 2.24) is 0 Å². The third kappa shape index (κ3) is 7.55. The van der Waals surface area contributed by atoms with Crippen LogP contribution in [0.1, 0.15) is 44.5 Å². The Morgan fingerprint density at radius 2 is 0.506 bits per heavy atom. The molecule has 0 radical (unpaired) electrons. The molecule has 0 bridgehead atoms. The lowest BCUT2D eigenvalue weighted by molar-refractivity contribution is 0.763. The van der Waals surface area contributed by atoms with Gasteiger partial charge in [-0.15, -0.1) is 0 Å². The number of hydrogen-bond acceptors (Lipinski definition) is 1. The molecule has 2 atom stereocenters. The number of fused-ring (bicyclic) bond motifs is 6. The first-order chi connectivity index (χ1) is 38.0. The second kappa shape index (κ2) is 19.2. The van der Waals surface area contributed by atoms with Crippen LogP contribution in [0.15, 0.2) is 306 Å². The first-order valence-electron chi connectivity index (χ1n) is 26.3. The summed E-state index contributed by atoms with van der Waals surface area (Å²) in [7, 11) is 0. The Balaban J connectivity index is 0.936. The van der Waals surface area contributed by atoms with Gasteiger partial charge in [0.05, 0.1) is 10.8 Å². The summed E-state index contributed by atoms with van der Waals surface area (Å²) in [6.45, 7) is 0. The monoisotopic (exact) mass is 1110 g/mol. The van der Waals surface area contributed by atoms with E-state index in [2.05, 4.69) is 334 Å². The maximum atomic E-state index is 4.09. The van der Waals surface area contributed by atoms with Gasteiger partial charge in [-0.25, -0.2) is 0 Å². The fourth-order valence-electron chi connectivity index (χ4n) is 12.8. The zero-order chi connectivity index (χ0) is 51.5. The molecule has 0 aromatic heterocycles. The molecule has 2 aliphatic carbocycles. The van der Waals surface area contributed by atoms with Gasteiger partial charge in [-0.2, -0.15) is 0 Å². The van der Waals surface area contributed by atoms with Gasteiger partial charge in [0.1, 0.15) is 0 Å². The van der Waals surface area contributed by atoms with Crippen LogP contribution in [0.25, 0.3) is 55.6 Å². The summed E-state index contributed by atoms with van der Waals surface area (Å²) < 4.78 is 2.15. The summed E-state index contributed by atoms with van der Waals surface area (Å²) in [6.07, 6.45) is 0. The molecule has 0 N–H and O–H groups in total. The number of hydrogen-bond donors (Lipinski definition) is 0. The lowest BCUT2D eigenvalue weighted by Gasteiger charge is -2.36. The smallest absolute Gasteiger partial charge is 0.0724 e. The molecule has 0 aliphatic heterocycles. The van der Waals surface area contributed by atoms with Crippen molar-refractivity contribution in [2.75, 3.05) is 4.90 Å². The van der Waals surface area contributed by atoms with Crippen LogP contribution in [-0.4, -0.2) is 0 Å². The van der Waals surface area contributed by atoms with Gasteiger partial charge in [0.25, 0.3) is 0 Å². The summed E-state index contributed by atoms with van der Waals surface area (Å²) in [5.41, 5.74) is 24.1. The molecular formula is C74H49Br2N. The van der Waals surface area contributed by atoms with Crippen LogP contribution in [0.3, 0.4) is 0 Å². The van der Waals surface area contributed by atoms with Crippen LogP contribution in [0.2, 0.25) is 0 Å². The molecule has 3 heteroatoms. The average molecular weight is 1110 g/mol. The predicted octanol–water partition coefficient (Wildman–Crippen LogP) is 20.4. The number of benzene rings is 12. The Hall–Kier alpha value is -8.60. The number of nitrogens with zero attached hydrogens (tertiary/aromatic N) is 1. The molecule has 364 valence electrons. The summed E-state index contributed by atoms with van der Waals surface area (Å²) in [5.74, 6) is 0. The minimum Gasteiger partial charge on any atom is -0.311 e. The molecule has 0 saturated heterocycles. The molecule has 2 aliphatic rings. The van der Waals surface area contributed by atoms with E-state index in [0.717, 1.165) is 26.0 Å². The quantitative estimate of drug-likeness (QED) is 0.132. The van der Waals surface area contributed by atoms with Crippen LogP contribution in [0, 0.1) is 0 Å². The normalized spacial score (nSPS) is 15.8. The fourth-order valence-corrected chi connectivity index (χ4v) is 14.0. The maximum Gasteiger partial charge on any atom is 0.0724 e. The van der Waals surface area contributed by atoms with Crippen LogP contribution in [-0.2, 0) is 10.8 Å². The summed E-state index contributed by atoms with van der Waals surface area (Å²) >= 11 is 8.18. The molecule has 14 rings (SSSR count). The number of halogens is 2. The van der Waals surface area contributed by atoms with Crippen molar-refractivity contribution in [1.29, 1.82) is 0 Å². The van der Waals surface area contributed by atoms with Crippen LogP contribution in [0.5, 0.6) is 0 Å². The second-order valence-corrected chi connectivity index (χ2v) is 21.9. The topological polar surface area (TPSA) is 3.24 Å². The molecule has 12 aromatic rings. The van der Waals surface area contributed by atoms with Gasteiger partial charge in [0, 0.05) is 26.0 Å². The van der Waals surface area contributed by atoms with Crippen LogP contribution in [0.4, 0.5) is 17.1 Å². The molecule has 0 saturated carbocycles. The van der Waals surface area contributed by atoms with Crippen molar-refractivity contribution in [3.05, 3.63) is 351 Å². The summed E-state index contributed by atoms with van der Waals surface area (Å²) in [4.78, 5) is 2.41. The average Bonchev–Trinajstić information content (AvgIpc) is 4.09. The third-order valence-electron chi connectivity index (χ3n) is 16.2. The standard InChI is InChI=1S/C74H49Br2N/c75-71-30-16-14-28-69(71)73(65-26-12-10-24-61(65)63-48-54(34-46-67(63)73)51-20-6-2-7-21-51)56-36-42-59(43-37-56)77(58-40-32-53(33-41-58)50-18-4-1-5-19-50)60-44-38-57(39-45-60)74(70-29-15-17-31-72(70)76)66-27-13-11-25-62(66)64-49-55(35-47-68(64)74)52-22-8-3-9-23-52/h1-49H. The van der Waals surface area contributed by atoms with E-state index in [1.165, 1.54) is 100 Å². The van der Waals surface area contributed by atoms with Gasteiger partial charge in [0.2, 0.25) is 0 Å². The number of anilines is 3. The Bertz CT molecular complexity index is 3920. The Morgan fingerprint density at radius 1 is 0.221 bits per heavy atom. The van der Waals surface area contributed by atoms with E-state index in [0.29, 0.717) is 0 Å². The highest BCUT2D eigenvalue weighted by molar-refractivity contribution is 9.10. The molecule has 2 unspecified atom stereocenters. The molecule has 1 nitrogen and oxygen atoms in total. The molecule has 0 fully saturated rings. The minimum absolute atomic E-state index is 0.598. The maximum absolute atomic E-state index is 4.09. The van der Waals surface area contributed by atoms with E-state index < -0.39 is 10.8 Å². The van der Waals surface area contributed by atoms with E-state index in [1.54, 1.807) is 0 Å². The molecule has 0 amide bonds. The zero-order valence-corrected chi connectivity index (χ0v) is 45.2. The molecule has 0 heterocycles. The fraction of sp³-hybridized carbons (Fsp3) is 0.0270. The van der Waals surface area contributed by atoms with E-state index in [9.17, 15) is 0 Å². The Morgan fingerprint density at radius 3 is 0.896 bits per heavy atom. The van der Waals surface area contributed by atoms with Gasteiger partial charge in [-0.05, 0) is 161 Å². The molecular weight excluding hydrogens is 1060 g/mol. The van der Waals surface area contributed by atoms with Crippen molar-refractivity contribution in [3.63, 3.8) is 0 Å². The first-order valence-corrected chi connectivity index (χ1v) is 27.9. The Labute approximate surface area is 467 Å². The highest BCUT2D eigenvalue weighted by atomic mass is 79.9. The van der Waals surface area contributed by atoms with Crippen molar-refractivity contribution < 1.29 is 0 Å². The van der Waals surface area contributed by atoms with Crippen molar-refractivity contribution in [2.24, 2.45) is 0 Å². The van der Waals surface area contributed by atoms with Gasteiger partial charge >= 0.3 is 0 Å². The first kappa shape index (κ1) is 46.9. The second-order valence-electron chi connectivity index (χ2n) is 20.1. The molecule has 0 spiro atoms. The van der Waals surface area contributed by atoms with Crippen molar-refractivity contribution >= 4 is 48.9 Å². The minimum atomic E-state index is -0.598. The van der Waals surface area contributed by atoms with Gasteiger partial charge in [-0.1, -0.05) is 268 Å². The van der Waals surface area contributed by atoms with Gasteiger partial charge < -0.3 is 4.90 Å². The van der Waals surface area contributed by atoms with E-state index in [1.807, 2.05) is 0 Å². The third-order valence-corrected chi connectivity index (χ3v) is 17.6. The van der Waals surface area contributed by atoms with Crippen molar-refractivity contribution in [3.8, 4) is 55.6 Å². The zero-order valence-electron chi connectivity index (χ0n) is 42.0. The summed E-state index contributed by atoms with van der Waals surface area (Å²) in [5, 5.41) is 0. The lowest BCUT2D eigenvalue weighted by Crippen LogP contribution is -2.29. The van der Waals surface area contributed by atoms with E-state index >= 15 is 0 Å². The van der Waals surface area contributed by atoms with Crippen LogP contribution < -0.4 is 4.90 Å². The predicted molar refractivity (Wildman–Crippen MR) is 327 cm³/mol. The SMILES string of the molecule is Brc1ccccc1C1(c2ccc(N(c3ccc(-c4ccccc4)cc3)c3ccc(C4(c5ccccc5Br)c5ccccc5-c5cc(-c6ccccc6)ccc54)cc3)cc2)c2ccccc2-c2cc(-c3ccccc3)ccc21. The molecule has 77 heavy (non-hydrogen) atoms. The number of rotatable bonds is 10.